The fourth-order valence-corrected chi connectivity index (χ4v) is 4.03. The molecule has 0 radical (unpaired) electrons. The molecule has 25 heavy (non-hydrogen) atoms. The van der Waals surface area contributed by atoms with Gasteiger partial charge in [0.05, 0.1) is 10.2 Å². The lowest BCUT2D eigenvalue weighted by atomic mass is 9.87. The van der Waals surface area contributed by atoms with Crippen LogP contribution in [0.3, 0.4) is 0 Å². The molecule has 1 saturated carbocycles. The molecule has 1 aromatic carbocycles. The average Bonchev–Trinajstić information content (AvgIpc) is 3.02. The van der Waals surface area contributed by atoms with Gasteiger partial charge in [-0.15, -0.1) is 0 Å². The van der Waals surface area contributed by atoms with E-state index in [2.05, 4.69) is 20.9 Å². The van der Waals surface area contributed by atoms with Crippen LogP contribution in [0, 0.1) is 5.92 Å². The van der Waals surface area contributed by atoms with Gasteiger partial charge in [-0.05, 0) is 30.9 Å². The number of nitrogens with one attached hydrogen (secondary N) is 3. The summed E-state index contributed by atoms with van der Waals surface area (Å²) in [6.45, 7) is 0.839. The van der Waals surface area contributed by atoms with Crippen LogP contribution in [0.2, 0.25) is 0 Å². The van der Waals surface area contributed by atoms with Crippen molar-refractivity contribution in [2.45, 2.75) is 38.5 Å². The summed E-state index contributed by atoms with van der Waals surface area (Å²) in [6, 6.07) is 7.44. The normalized spacial score (nSPS) is 15.0. The lowest BCUT2D eigenvalue weighted by Crippen LogP contribution is -2.37. The first-order valence-electron chi connectivity index (χ1n) is 8.88. The summed E-state index contributed by atoms with van der Waals surface area (Å²) >= 11 is 1.44. The van der Waals surface area contributed by atoms with E-state index < -0.39 is 0 Å². The zero-order valence-electron chi connectivity index (χ0n) is 14.2. The predicted octanol–water partition coefficient (Wildman–Crippen LogP) is 3.50. The zero-order chi connectivity index (χ0) is 17.5. The van der Waals surface area contributed by atoms with Gasteiger partial charge in [0, 0.05) is 19.5 Å². The first kappa shape index (κ1) is 17.7. The Labute approximate surface area is 151 Å². The molecular weight excluding hydrogens is 336 g/mol. The summed E-state index contributed by atoms with van der Waals surface area (Å²) in [4.78, 5) is 28.1. The number of carbonyl (C=O) groups excluding carboxylic acids is 2. The molecule has 1 aliphatic carbocycles. The maximum absolute atomic E-state index is 11.9. The van der Waals surface area contributed by atoms with Gasteiger partial charge in [0.15, 0.2) is 5.13 Å². The Balaban J connectivity index is 1.33. The largest absolute Gasteiger partial charge is 0.354 e. The molecule has 3 N–H and O–H groups in total. The smallest absolute Gasteiger partial charge is 0.321 e. The Morgan fingerprint density at radius 3 is 2.64 bits per heavy atom. The van der Waals surface area contributed by atoms with Gasteiger partial charge in [0.25, 0.3) is 0 Å². The number of anilines is 1. The fourth-order valence-electron chi connectivity index (χ4n) is 3.17. The number of fused-ring (bicyclic) bond motifs is 1. The number of rotatable bonds is 6. The number of benzene rings is 1. The molecule has 1 heterocycles. The quantitative estimate of drug-likeness (QED) is 0.690. The van der Waals surface area contributed by atoms with Gasteiger partial charge in [-0.25, -0.2) is 9.78 Å². The monoisotopic (exact) mass is 360 g/mol. The van der Waals surface area contributed by atoms with Crippen molar-refractivity contribution in [1.29, 1.82) is 0 Å². The summed E-state index contributed by atoms with van der Waals surface area (Å²) < 4.78 is 1.03. The van der Waals surface area contributed by atoms with Crippen LogP contribution in [0.5, 0.6) is 0 Å². The van der Waals surface area contributed by atoms with Crippen LogP contribution in [-0.2, 0) is 4.79 Å². The van der Waals surface area contributed by atoms with E-state index in [1.807, 2.05) is 24.3 Å². The lowest BCUT2D eigenvalue weighted by molar-refractivity contribution is -0.122. The predicted molar refractivity (Wildman–Crippen MR) is 101 cm³/mol. The van der Waals surface area contributed by atoms with E-state index in [9.17, 15) is 9.59 Å². The number of hydrogen-bond donors (Lipinski definition) is 3. The second kappa shape index (κ2) is 8.80. The second-order valence-corrected chi connectivity index (χ2v) is 7.46. The number of nitrogens with zero attached hydrogens (tertiary/aromatic N) is 1. The number of amides is 3. The van der Waals surface area contributed by atoms with E-state index in [4.69, 9.17) is 0 Å². The van der Waals surface area contributed by atoms with Crippen molar-refractivity contribution in [3.8, 4) is 0 Å². The molecule has 0 unspecified atom stereocenters. The van der Waals surface area contributed by atoms with E-state index >= 15 is 0 Å². The van der Waals surface area contributed by atoms with E-state index in [1.165, 1.54) is 30.6 Å². The van der Waals surface area contributed by atoms with E-state index in [0.29, 0.717) is 30.6 Å². The molecule has 6 nitrogen and oxygen atoms in total. The lowest BCUT2D eigenvalue weighted by Gasteiger charge is -2.20. The van der Waals surface area contributed by atoms with Crippen LogP contribution in [-0.4, -0.2) is 30.0 Å². The molecule has 1 fully saturated rings. The molecule has 3 rings (SSSR count). The number of thiazole rings is 1. The Kier molecular flexibility index (Phi) is 6.22. The van der Waals surface area contributed by atoms with Gasteiger partial charge < -0.3 is 10.6 Å². The molecule has 3 amide bonds. The van der Waals surface area contributed by atoms with Gasteiger partial charge in [0.1, 0.15) is 0 Å². The summed E-state index contributed by atoms with van der Waals surface area (Å²) in [5.41, 5.74) is 0.873. The van der Waals surface area contributed by atoms with Crippen molar-refractivity contribution in [3.63, 3.8) is 0 Å². The Bertz CT molecular complexity index is 692. The molecule has 1 aliphatic rings. The van der Waals surface area contributed by atoms with Gasteiger partial charge in [-0.2, -0.15) is 0 Å². The van der Waals surface area contributed by atoms with Gasteiger partial charge in [0.2, 0.25) is 5.91 Å². The van der Waals surface area contributed by atoms with Crippen LogP contribution >= 0.6 is 11.3 Å². The van der Waals surface area contributed by atoms with Gasteiger partial charge >= 0.3 is 6.03 Å². The minimum Gasteiger partial charge on any atom is -0.354 e. The highest BCUT2D eigenvalue weighted by Crippen LogP contribution is 2.26. The van der Waals surface area contributed by atoms with E-state index in [0.717, 1.165) is 23.1 Å². The van der Waals surface area contributed by atoms with Crippen molar-refractivity contribution in [2.75, 3.05) is 18.4 Å². The van der Waals surface area contributed by atoms with Crippen molar-refractivity contribution in [1.82, 2.24) is 15.6 Å². The van der Waals surface area contributed by atoms with Crippen LogP contribution < -0.4 is 16.0 Å². The zero-order valence-corrected chi connectivity index (χ0v) is 15.0. The third-order valence-electron chi connectivity index (χ3n) is 4.45. The molecule has 0 atom stereocenters. The van der Waals surface area contributed by atoms with E-state index in [1.54, 1.807) is 0 Å². The second-order valence-electron chi connectivity index (χ2n) is 6.43. The molecule has 0 bridgehead atoms. The standard InChI is InChI=1S/C18H24N4O2S/c23-16(12-13-6-2-1-3-7-13)19-10-11-20-17(24)22-18-21-14-8-4-5-9-15(14)25-18/h4-5,8-9,13H,1-3,6-7,10-12H2,(H,19,23)(H2,20,21,22,24). The first-order valence-corrected chi connectivity index (χ1v) is 9.69. The third-order valence-corrected chi connectivity index (χ3v) is 5.40. The van der Waals surface area contributed by atoms with Crippen molar-refractivity contribution in [2.24, 2.45) is 5.92 Å². The highest BCUT2D eigenvalue weighted by atomic mass is 32.1. The Hall–Kier alpha value is -2.15. The van der Waals surface area contributed by atoms with Crippen molar-refractivity contribution in [3.05, 3.63) is 24.3 Å². The van der Waals surface area contributed by atoms with Crippen LogP contribution in [0.1, 0.15) is 38.5 Å². The average molecular weight is 360 g/mol. The number of aromatic nitrogens is 1. The highest BCUT2D eigenvalue weighted by molar-refractivity contribution is 7.22. The maximum Gasteiger partial charge on any atom is 0.321 e. The maximum atomic E-state index is 11.9. The van der Waals surface area contributed by atoms with Crippen molar-refractivity contribution >= 4 is 38.6 Å². The summed E-state index contributed by atoms with van der Waals surface area (Å²) in [5, 5.41) is 8.91. The number of hydrogen-bond acceptors (Lipinski definition) is 4. The van der Waals surface area contributed by atoms with Crippen LogP contribution in [0.4, 0.5) is 9.93 Å². The first-order chi connectivity index (χ1) is 12.2. The minimum absolute atomic E-state index is 0.0836. The fraction of sp³-hybridized carbons (Fsp3) is 0.500. The molecule has 7 heteroatoms. The Morgan fingerprint density at radius 2 is 1.84 bits per heavy atom. The topological polar surface area (TPSA) is 83.1 Å². The molecule has 2 aromatic rings. The van der Waals surface area contributed by atoms with Gasteiger partial charge in [-0.1, -0.05) is 42.7 Å². The highest BCUT2D eigenvalue weighted by Gasteiger charge is 2.16. The number of para-hydroxylation sites is 1. The molecule has 0 aliphatic heterocycles. The van der Waals surface area contributed by atoms with Crippen LogP contribution in [0.25, 0.3) is 10.2 Å². The molecule has 1 aromatic heterocycles. The van der Waals surface area contributed by atoms with Gasteiger partial charge in [-0.3, -0.25) is 10.1 Å². The van der Waals surface area contributed by atoms with E-state index in [-0.39, 0.29) is 11.9 Å². The Morgan fingerprint density at radius 1 is 1.08 bits per heavy atom. The van der Waals surface area contributed by atoms with Crippen LogP contribution in [0.15, 0.2) is 24.3 Å². The molecule has 0 saturated heterocycles. The van der Waals surface area contributed by atoms with Crippen molar-refractivity contribution < 1.29 is 9.59 Å². The summed E-state index contributed by atoms with van der Waals surface area (Å²) in [7, 11) is 0. The SMILES string of the molecule is O=C(CC1CCCCC1)NCCNC(=O)Nc1nc2ccccc2s1. The summed E-state index contributed by atoms with van der Waals surface area (Å²) in [5.74, 6) is 0.615. The molecular formula is C18H24N4O2S. The minimum atomic E-state index is -0.305. The molecule has 0 spiro atoms. The third kappa shape index (κ3) is 5.42. The summed E-state index contributed by atoms with van der Waals surface area (Å²) in [6.07, 6.45) is 6.72. The molecule has 134 valence electrons. The number of urea groups is 1. The number of carbonyl (C=O) groups is 2.